The van der Waals surface area contributed by atoms with E-state index in [1.165, 1.54) is 0 Å². The molecule has 7 heteroatoms. The normalized spacial score (nSPS) is 11.2. The zero-order chi connectivity index (χ0) is 17.9. The van der Waals surface area contributed by atoms with Gasteiger partial charge < -0.3 is 25.4 Å². The lowest BCUT2D eigenvalue weighted by Crippen LogP contribution is -2.39. The highest BCUT2D eigenvalue weighted by molar-refractivity contribution is 5.81. The molecule has 0 heterocycles. The van der Waals surface area contributed by atoms with Crippen LogP contribution < -0.4 is 25.4 Å². The van der Waals surface area contributed by atoms with Crippen molar-refractivity contribution in [3.8, 4) is 11.5 Å². The van der Waals surface area contributed by atoms with Crippen LogP contribution in [-0.4, -0.2) is 45.7 Å². The van der Waals surface area contributed by atoms with Gasteiger partial charge in [-0.3, -0.25) is 9.79 Å². The highest BCUT2D eigenvalue weighted by atomic mass is 16.5. The summed E-state index contributed by atoms with van der Waals surface area (Å²) in [5.74, 6) is 2.04. The number of amides is 1. The average molecular weight is 336 g/mol. The van der Waals surface area contributed by atoms with E-state index in [0.29, 0.717) is 37.0 Å². The number of carbonyl (C=O) groups excluding carboxylic acids is 1. The average Bonchev–Trinajstić information content (AvgIpc) is 2.56. The Hall–Kier alpha value is -2.44. The van der Waals surface area contributed by atoms with Crippen molar-refractivity contribution in [2.45, 2.75) is 32.9 Å². The lowest BCUT2D eigenvalue weighted by atomic mass is 10.2. The van der Waals surface area contributed by atoms with Crippen LogP contribution in [0.2, 0.25) is 0 Å². The van der Waals surface area contributed by atoms with Gasteiger partial charge in [-0.1, -0.05) is 6.07 Å². The molecule has 1 aromatic carbocycles. The summed E-state index contributed by atoms with van der Waals surface area (Å²) in [5.41, 5.74) is 1.04. The zero-order valence-corrected chi connectivity index (χ0v) is 15.1. The van der Waals surface area contributed by atoms with Crippen LogP contribution in [0.4, 0.5) is 0 Å². The summed E-state index contributed by atoms with van der Waals surface area (Å²) >= 11 is 0. The summed E-state index contributed by atoms with van der Waals surface area (Å²) < 4.78 is 10.5. The molecule has 0 aliphatic rings. The van der Waals surface area contributed by atoms with Crippen LogP contribution in [0.3, 0.4) is 0 Å². The van der Waals surface area contributed by atoms with Crippen molar-refractivity contribution in [3.63, 3.8) is 0 Å². The number of rotatable bonds is 8. The Balaban J connectivity index is 2.45. The van der Waals surface area contributed by atoms with E-state index in [-0.39, 0.29) is 11.9 Å². The number of carbonyl (C=O) groups is 1. The fourth-order valence-corrected chi connectivity index (χ4v) is 2.09. The summed E-state index contributed by atoms with van der Waals surface area (Å²) in [7, 11) is 4.91. The Morgan fingerprint density at radius 2 is 1.88 bits per heavy atom. The van der Waals surface area contributed by atoms with Crippen LogP contribution in [0.1, 0.15) is 25.8 Å². The minimum absolute atomic E-state index is 0.0212. The fourth-order valence-electron chi connectivity index (χ4n) is 2.09. The van der Waals surface area contributed by atoms with Crippen LogP contribution in [0.5, 0.6) is 11.5 Å². The predicted octanol–water partition coefficient (Wildman–Crippen LogP) is 1.28. The van der Waals surface area contributed by atoms with Gasteiger partial charge in [0.05, 0.1) is 14.2 Å². The van der Waals surface area contributed by atoms with Crippen LogP contribution in [0.15, 0.2) is 23.2 Å². The molecule has 1 aromatic rings. The number of ether oxygens (including phenoxy) is 2. The van der Waals surface area contributed by atoms with Crippen molar-refractivity contribution in [2.24, 2.45) is 4.99 Å². The second-order valence-electron chi connectivity index (χ2n) is 5.51. The molecule has 3 N–H and O–H groups in total. The smallest absolute Gasteiger partial charge is 0.221 e. The molecule has 1 rings (SSSR count). The van der Waals surface area contributed by atoms with Crippen molar-refractivity contribution in [2.75, 3.05) is 27.8 Å². The molecule has 0 aliphatic carbocycles. The van der Waals surface area contributed by atoms with Crippen molar-refractivity contribution < 1.29 is 14.3 Å². The van der Waals surface area contributed by atoms with Gasteiger partial charge in [0.2, 0.25) is 5.91 Å². The van der Waals surface area contributed by atoms with E-state index >= 15 is 0 Å². The fraction of sp³-hybridized carbons (Fsp3) is 0.529. The number of nitrogens with zero attached hydrogens (tertiary/aromatic N) is 1. The summed E-state index contributed by atoms with van der Waals surface area (Å²) in [6, 6.07) is 5.88. The molecule has 0 atom stereocenters. The van der Waals surface area contributed by atoms with Gasteiger partial charge in [0.25, 0.3) is 0 Å². The standard InChI is InChI=1S/C17H28N4O3/c1-12(2)21-16(22)8-9-19-17(18-3)20-11-13-6-7-14(23-4)15(10-13)24-5/h6-7,10,12H,8-9,11H2,1-5H3,(H,21,22)(H2,18,19,20). The molecule has 0 saturated carbocycles. The first-order valence-corrected chi connectivity index (χ1v) is 7.95. The molecular formula is C17H28N4O3. The number of benzene rings is 1. The van der Waals surface area contributed by atoms with Crippen LogP contribution >= 0.6 is 0 Å². The van der Waals surface area contributed by atoms with Crippen LogP contribution in [0, 0.1) is 0 Å². The zero-order valence-electron chi connectivity index (χ0n) is 15.1. The predicted molar refractivity (Wildman–Crippen MR) is 95.6 cm³/mol. The minimum Gasteiger partial charge on any atom is -0.493 e. The first-order chi connectivity index (χ1) is 11.5. The maximum Gasteiger partial charge on any atom is 0.221 e. The Kier molecular flexibility index (Phi) is 8.46. The topological polar surface area (TPSA) is 84.0 Å². The summed E-state index contributed by atoms with van der Waals surface area (Å²) in [6.45, 7) is 4.98. The SMILES string of the molecule is CN=C(NCCC(=O)NC(C)C)NCc1ccc(OC)c(OC)c1. The Morgan fingerprint density at radius 1 is 1.17 bits per heavy atom. The molecule has 0 saturated heterocycles. The Bertz CT molecular complexity index is 559. The monoisotopic (exact) mass is 336 g/mol. The maximum atomic E-state index is 11.6. The minimum atomic E-state index is 0.0212. The molecular weight excluding hydrogens is 308 g/mol. The third-order valence-electron chi connectivity index (χ3n) is 3.23. The largest absolute Gasteiger partial charge is 0.493 e. The van der Waals surface area contributed by atoms with E-state index in [4.69, 9.17) is 9.47 Å². The van der Waals surface area contributed by atoms with E-state index in [1.807, 2.05) is 32.0 Å². The van der Waals surface area contributed by atoms with Gasteiger partial charge in [0.15, 0.2) is 17.5 Å². The summed E-state index contributed by atoms with van der Waals surface area (Å²) in [5, 5.41) is 9.17. The molecule has 7 nitrogen and oxygen atoms in total. The Labute approximate surface area is 143 Å². The van der Waals surface area contributed by atoms with Crippen molar-refractivity contribution >= 4 is 11.9 Å². The highest BCUT2D eigenvalue weighted by Crippen LogP contribution is 2.27. The second-order valence-corrected chi connectivity index (χ2v) is 5.51. The van der Waals surface area contributed by atoms with E-state index in [9.17, 15) is 4.79 Å². The molecule has 0 fully saturated rings. The Morgan fingerprint density at radius 3 is 2.46 bits per heavy atom. The maximum absolute atomic E-state index is 11.6. The molecule has 0 spiro atoms. The number of aliphatic imine (C=N–C) groups is 1. The van der Waals surface area contributed by atoms with Gasteiger partial charge in [-0.25, -0.2) is 0 Å². The van der Waals surface area contributed by atoms with Gasteiger partial charge in [-0.05, 0) is 31.5 Å². The molecule has 1 amide bonds. The third kappa shape index (κ3) is 6.76. The van der Waals surface area contributed by atoms with Gasteiger partial charge in [-0.2, -0.15) is 0 Å². The molecule has 0 aromatic heterocycles. The molecule has 0 unspecified atom stereocenters. The van der Waals surface area contributed by atoms with Crippen molar-refractivity contribution in [1.29, 1.82) is 0 Å². The quantitative estimate of drug-likeness (QED) is 0.492. The first-order valence-electron chi connectivity index (χ1n) is 7.95. The van der Waals surface area contributed by atoms with E-state index in [1.54, 1.807) is 21.3 Å². The van der Waals surface area contributed by atoms with E-state index < -0.39 is 0 Å². The van der Waals surface area contributed by atoms with Gasteiger partial charge in [-0.15, -0.1) is 0 Å². The molecule has 134 valence electrons. The molecule has 0 aliphatic heterocycles. The van der Waals surface area contributed by atoms with Crippen molar-refractivity contribution in [3.05, 3.63) is 23.8 Å². The van der Waals surface area contributed by atoms with Gasteiger partial charge in [0.1, 0.15) is 0 Å². The van der Waals surface area contributed by atoms with Crippen LogP contribution in [-0.2, 0) is 11.3 Å². The van der Waals surface area contributed by atoms with Gasteiger partial charge in [0, 0.05) is 32.6 Å². The number of nitrogens with one attached hydrogen (secondary N) is 3. The van der Waals surface area contributed by atoms with E-state index in [2.05, 4.69) is 20.9 Å². The number of methoxy groups -OCH3 is 2. The number of guanidine groups is 1. The van der Waals surface area contributed by atoms with Gasteiger partial charge >= 0.3 is 0 Å². The van der Waals surface area contributed by atoms with Crippen LogP contribution in [0.25, 0.3) is 0 Å². The lowest BCUT2D eigenvalue weighted by molar-refractivity contribution is -0.121. The second kappa shape index (κ2) is 10.4. The molecule has 24 heavy (non-hydrogen) atoms. The summed E-state index contributed by atoms with van der Waals surface area (Å²) in [4.78, 5) is 15.7. The molecule has 0 bridgehead atoms. The summed E-state index contributed by atoms with van der Waals surface area (Å²) in [6.07, 6.45) is 0.398. The first kappa shape index (κ1) is 19.6. The van der Waals surface area contributed by atoms with E-state index in [0.717, 1.165) is 5.56 Å². The molecule has 0 radical (unpaired) electrons. The number of hydrogen-bond donors (Lipinski definition) is 3. The van der Waals surface area contributed by atoms with Crippen molar-refractivity contribution in [1.82, 2.24) is 16.0 Å². The third-order valence-corrected chi connectivity index (χ3v) is 3.23. The highest BCUT2D eigenvalue weighted by Gasteiger charge is 2.06. The lowest BCUT2D eigenvalue weighted by Gasteiger charge is -2.14. The number of hydrogen-bond acceptors (Lipinski definition) is 4.